The van der Waals surface area contributed by atoms with Crippen molar-refractivity contribution in [1.82, 2.24) is 14.9 Å². The van der Waals surface area contributed by atoms with Crippen LogP contribution in [0.2, 0.25) is 0 Å². The van der Waals surface area contributed by atoms with Gasteiger partial charge in [0.1, 0.15) is 11.6 Å². The van der Waals surface area contributed by atoms with E-state index in [4.69, 9.17) is 4.74 Å². The number of aliphatic hydroxyl groups is 1. The van der Waals surface area contributed by atoms with Gasteiger partial charge in [0, 0.05) is 44.4 Å². The van der Waals surface area contributed by atoms with E-state index in [9.17, 15) is 27.1 Å². The first kappa shape index (κ1) is 32.7. The zero-order valence-electron chi connectivity index (χ0n) is 24.4. The zero-order valence-corrected chi connectivity index (χ0v) is 25.2. The number of nitrogens with one attached hydrogen (secondary N) is 2. The highest BCUT2D eigenvalue weighted by atomic mass is 32.2. The van der Waals surface area contributed by atoms with Gasteiger partial charge in [-0.3, -0.25) is 4.79 Å². The third-order valence-electron chi connectivity index (χ3n) is 7.65. The number of carbonyl (C=O) groups is 1. The van der Waals surface area contributed by atoms with Gasteiger partial charge in [0.25, 0.3) is 5.91 Å². The van der Waals surface area contributed by atoms with E-state index in [1.807, 2.05) is 18.2 Å². The average Bonchev–Trinajstić information content (AvgIpc) is 3.46. The Hall–Kier alpha value is -3.22. The van der Waals surface area contributed by atoms with Crippen molar-refractivity contribution in [3.8, 4) is 0 Å². The van der Waals surface area contributed by atoms with Gasteiger partial charge in [-0.2, -0.15) is 4.31 Å². The Labute approximate surface area is 252 Å². The van der Waals surface area contributed by atoms with Gasteiger partial charge in [-0.15, -0.1) is 0 Å². The molecule has 3 aromatic carbocycles. The summed E-state index contributed by atoms with van der Waals surface area (Å²) in [6.07, 6.45) is 1.22. The van der Waals surface area contributed by atoms with Crippen molar-refractivity contribution in [1.29, 1.82) is 0 Å². The molecule has 1 amide bonds. The standard InChI is InChI=1S/C32H39F2N3O5S/c1-3-22-6-4-7-23(14-22)19-35-20-31(38)30(17-24-15-26(33)18-27(34)16-24)36-32(39)25-9-11-29(12-10-25)43(40,41)37-13-5-8-28(37)21-42-2/h4,6-7,9-12,14-16,18,28,30-31,35,38H,3,5,8,13,17,19-21H2,1-2H3,(H,36,39)/t28-,30+,31+/m1/s1. The minimum Gasteiger partial charge on any atom is -0.390 e. The first-order valence-electron chi connectivity index (χ1n) is 14.4. The fourth-order valence-corrected chi connectivity index (χ4v) is 7.06. The molecule has 1 heterocycles. The topological polar surface area (TPSA) is 108 Å². The first-order chi connectivity index (χ1) is 20.6. The summed E-state index contributed by atoms with van der Waals surface area (Å²) in [6.45, 7) is 3.36. The second-order valence-electron chi connectivity index (χ2n) is 10.8. The SMILES string of the molecule is CCc1cccc(CNC[C@H](O)[C@H](Cc2cc(F)cc(F)c2)NC(=O)c2ccc(S(=O)(=O)N3CCC[C@@H]3COC)cc2)c1. The van der Waals surface area contributed by atoms with Crippen LogP contribution in [-0.2, 0) is 34.1 Å². The number of benzene rings is 3. The van der Waals surface area contributed by atoms with E-state index in [0.717, 1.165) is 36.6 Å². The summed E-state index contributed by atoms with van der Waals surface area (Å²) in [5.74, 6) is -2.07. The monoisotopic (exact) mass is 615 g/mol. The third kappa shape index (κ3) is 8.67. The van der Waals surface area contributed by atoms with E-state index in [1.165, 1.54) is 41.2 Å². The minimum atomic E-state index is -3.77. The molecule has 0 spiro atoms. The van der Waals surface area contributed by atoms with E-state index in [-0.39, 0.29) is 35.0 Å². The lowest BCUT2D eigenvalue weighted by Gasteiger charge is -2.25. The van der Waals surface area contributed by atoms with Crippen molar-refractivity contribution in [2.45, 2.75) is 62.2 Å². The van der Waals surface area contributed by atoms with Crippen LogP contribution < -0.4 is 10.6 Å². The quantitative estimate of drug-likeness (QED) is 0.255. The molecule has 3 N–H and O–H groups in total. The van der Waals surface area contributed by atoms with E-state index >= 15 is 0 Å². The summed E-state index contributed by atoms with van der Waals surface area (Å²) in [5.41, 5.74) is 2.68. The number of rotatable bonds is 14. The number of aliphatic hydroxyl groups excluding tert-OH is 1. The van der Waals surface area contributed by atoms with E-state index < -0.39 is 39.7 Å². The summed E-state index contributed by atoms with van der Waals surface area (Å²) < 4.78 is 60.9. The van der Waals surface area contributed by atoms with Crippen molar-refractivity contribution in [3.05, 3.63) is 101 Å². The molecule has 0 radical (unpaired) electrons. The van der Waals surface area contributed by atoms with Gasteiger partial charge in [0.2, 0.25) is 10.0 Å². The predicted molar refractivity (Wildman–Crippen MR) is 160 cm³/mol. The first-order valence-corrected chi connectivity index (χ1v) is 15.9. The second kappa shape index (κ2) is 15.0. The lowest BCUT2D eigenvalue weighted by Crippen LogP contribution is -2.48. The van der Waals surface area contributed by atoms with Gasteiger partial charge in [-0.25, -0.2) is 17.2 Å². The van der Waals surface area contributed by atoms with Crippen LogP contribution in [0.3, 0.4) is 0 Å². The van der Waals surface area contributed by atoms with E-state index in [2.05, 4.69) is 23.6 Å². The fourth-order valence-electron chi connectivity index (χ4n) is 5.38. The molecule has 3 atom stereocenters. The van der Waals surface area contributed by atoms with Crippen molar-refractivity contribution < 1.29 is 31.8 Å². The van der Waals surface area contributed by atoms with Gasteiger partial charge >= 0.3 is 0 Å². The molecule has 8 nitrogen and oxygen atoms in total. The molecule has 232 valence electrons. The lowest BCUT2D eigenvalue weighted by atomic mass is 10.00. The maximum Gasteiger partial charge on any atom is 0.251 e. The normalized spacial score (nSPS) is 17.1. The Morgan fingerprint density at radius 1 is 1.05 bits per heavy atom. The third-order valence-corrected chi connectivity index (χ3v) is 9.61. The Kier molecular flexibility index (Phi) is 11.4. The fraction of sp³-hybridized carbons (Fsp3) is 0.406. The molecule has 43 heavy (non-hydrogen) atoms. The van der Waals surface area contributed by atoms with Crippen LogP contribution in [0.5, 0.6) is 0 Å². The smallest absolute Gasteiger partial charge is 0.251 e. The van der Waals surface area contributed by atoms with Crippen LogP contribution in [0.1, 0.15) is 46.8 Å². The number of carbonyl (C=O) groups excluding carboxylic acids is 1. The molecule has 11 heteroatoms. The zero-order chi connectivity index (χ0) is 31.0. The number of hydrogen-bond acceptors (Lipinski definition) is 6. The Bertz CT molecular complexity index is 1470. The number of hydrogen-bond donors (Lipinski definition) is 3. The van der Waals surface area contributed by atoms with Crippen LogP contribution >= 0.6 is 0 Å². The highest BCUT2D eigenvalue weighted by Crippen LogP contribution is 2.26. The van der Waals surface area contributed by atoms with Gasteiger partial charge in [0.05, 0.1) is 23.6 Å². The summed E-state index contributed by atoms with van der Waals surface area (Å²) in [5, 5.41) is 17.0. The molecule has 1 fully saturated rings. The van der Waals surface area contributed by atoms with Crippen LogP contribution in [-0.4, -0.2) is 68.7 Å². The molecule has 4 rings (SSSR count). The minimum absolute atomic E-state index is 0.0309. The molecule has 3 aromatic rings. The average molecular weight is 616 g/mol. The summed E-state index contributed by atoms with van der Waals surface area (Å²) in [6, 6.07) is 15.6. The molecule has 1 saturated heterocycles. The lowest BCUT2D eigenvalue weighted by molar-refractivity contribution is 0.0829. The summed E-state index contributed by atoms with van der Waals surface area (Å²) in [7, 11) is -2.24. The van der Waals surface area contributed by atoms with Crippen molar-refractivity contribution >= 4 is 15.9 Å². The Morgan fingerprint density at radius 2 is 1.74 bits per heavy atom. The number of sulfonamides is 1. The summed E-state index contributed by atoms with van der Waals surface area (Å²) >= 11 is 0. The van der Waals surface area contributed by atoms with Crippen molar-refractivity contribution in [2.24, 2.45) is 0 Å². The van der Waals surface area contributed by atoms with Gasteiger partial charge < -0.3 is 20.5 Å². The molecule has 0 unspecified atom stereocenters. The van der Waals surface area contributed by atoms with Crippen LogP contribution in [0, 0.1) is 11.6 Å². The van der Waals surface area contributed by atoms with Gasteiger partial charge in [-0.1, -0.05) is 31.2 Å². The van der Waals surface area contributed by atoms with Crippen molar-refractivity contribution in [2.75, 3.05) is 26.8 Å². The number of ether oxygens (including phenoxy) is 1. The number of aryl methyl sites for hydroxylation is 1. The van der Waals surface area contributed by atoms with E-state index in [0.29, 0.717) is 26.1 Å². The molecular formula is C32H39F2N3O5S. The Morgan fingerprint density at radius 3 is 2.42 bits per heavy atom. The summed E-state index contributed by atoms with van der Waals surface area (Å²) in [4.78, 5) is 13.3. The number of methoxy groups -OCH3 is 1. The van der Waals surface area contributed by atoms with Crippen LogP contribution in [0.4, 0.5) is 8.78 Å². The maximum atomic E-state index is 13.9. The molecular weight excluding hydrogens is 576 g/mol. The molecule has 0 aromatic heterocycles. The Balaban J connectivity index is 1.46. The highest BCUT2D eigenvalue weighted by Gasteiger charge is 2.35. The number of halogens is 2. The maximum absolute atomic E-state index is 13.9. The van der Waals surface area contributed by atoms with Crippen LogP contribution in [0.15, 0.2) is 71.6 Å². The van der Waals surface area contributed by atoms with Crippen molar-refractivity contribution in [3.63, 3.8) is 0 Å². The molecule has 1 aliphatic rings. The predicted octanol–water partition coefficient (Wildman–Crippen LogP) is 3.82. The molecule has 1 aliphatic heterocycles. The van der Waals surface area contributed by atoms with Gasteiger partial charge in [-0.05, 0) is 78.8 Å². The molecule has 0 bridgehead atoms. The van der Waals surface area contributed by atoms with Crippen LogP contribution in [0.25, 0.3) is 0 Å². The highest BCUT2D eigenvalue weighted by molar-refractivity contribution is 7.89. The van der Waals surface area contributed by atoms with Gasteiger partial charge in [0.15, 0.2) is 0 Å². The largest absolute Gasteiger partial charge is 0.390 e. The van der Waals surface area contributed by atoms with E-state index in [1.54, 1.807) is 0 Å². The molecule has 0 saturated carbocycles. The molecule has 0 aliphatic carbocycles. The second-order valence-corrected chi connectivity index (χ2v) is 12.7. The number of nitrogens with zero attached hydrogens (tertiary/aromatic N) is 1. The number of amides is 1.